The van der Waals surface area contributed by atoms with Crippen molar-refractivity contribution in [2.24, 2.45) is 0 Å². The minimum atomic E-state index is -4.26. The van der Waals surface area contributed by atoms with E-state index < -0.39 is 34.1 Å². The zero-order valence-corrected chi connectivity index (χ0v) is 26.6. The maximum Gasteiger partial charge on any atom is 0.264 e. The SMILES string of the molecule is CCC(C(=O)NC(C)(C)C)N(Cc1cccc(C)c1)C(=O)CN(c1cccc(Cl)c1Cl)S(=O)(=O)c1ccc(C)cc1. The molecule has 1 atom stereocenters. The largest absolute Gasteiger partial charge is 0.350 e. The van der Waals surface area contributed by atoms with Crippen molar-refractivity contribution < 1.29 is 18.0 Å². The van der Waals surface area contributed by atoms with E-state index in [9.17, 15) is 18.0 Å². The van der Waals surface area contributed by atoms with Gasteiger partial charge in [0.15, 0.2) is 0 Å². The molecular formula is C31H37Cl2N3O4S. The van der Waals surface area contributed by atoms with Gasteiger partial charge in [-0.05, 0) is 70.9 Å². The molecule has 0 aliphatic rings. The Hall–Kier alpha value is -3.07. The summed E-state index contributed by atoms with van der Waals surface area (Å²) in [4.78, 5) is 29.0. The minimum absolute atomic E-state index is 0.000375. The van der Waals surface area contributed by atoms with Crippen LogP contribution in [0.5, 0.6) is 0 Å². The summed E-state index contributed by atoms with van der Waals surface area (Å²) >= 11 is 12.8. The first-order valence-electron chi connectivity index (χ1n) is 13.3. The van der Waals surface area contributed by atoms with Crippen LogP contribution in [0.4, 0.5) is 5.69 Å². The molecule has 0 saturated carbocycles. The van der Waals surface area contributed by atoms with Crippen LogP contribution in [0.15, 0.2) is 71.6 Å². The van der Waals surface area contributed by atoms with E-state index >= 15 is 0 Å². The van der Waals surface area contributed by atoms with Gasteiger partial charge in [0.25, 0.3) is 10.0 Å². The fourth-order valence-electron chi connectivity index (χ4n) is 4.42. The summed E-state index contributed by atoms with van der Waals surface area (Å²) in [6.07, 6.45) is 0.322. The number of rotatable bonds is 10. The topological polar surface area (TPSA) is 86.8 Å². The fourth-order valence-corrected chi connectivity index (χ4v) is 6.29. The van der Waals surface area contributed by atoms with Crippen LogP contribution in [0.3, 0.4) is 0 Å². The Morgan fingerprint density at radius 1 is 0.927 bits per heavy atom. The van der Waals surface area contributed by atoms with E-state index in [0.717, 1.165) is 21.0 Å². The molecule has 41 heavy (non-hydrogen) atoms. The van der Waals surface area contributed by atoms with Gasteiger partial charge >= 0.3 is 0 Å². The van der Waals surface area contributed by atoms with Crippen molar-refractivity contribution in [2.45, 2.75) is 71.0 Å². The van der Waals surface area contributed by atoms with Gasteiger partial charge in [0, 0.05) is 12.1 Å². The molecule has 3 rings (SSSR count). The molecule has 0 spiro atoms. The Kier molecular flexibility index (Phi) is 10.5. The maximum atomic E-state index is 14.2. The number of carbonyl (C=O) groups is 2. The van der Waals surface area contributed by atoms with Crippen LogP contribution in [-0.4, -0.2) is 43.3 Å². The number of carbonyl (C=O) groups excluding carboxylic acids is 2. The van der Waals surface area contributed by atoms with Gasteiger partial charge < -0.3 is 10.2 Å². The molecule has 1 unspecified atom stereocenters. The average Bonchev–Trinajstić information content (AvgIpc) is 2.88. The second-order valence-corrected chi connectivity index (χ2v) is 13.7. The first-order chi connectivity index (χ1) is 19.1. The van der Waals surface area contributed by atoms with Crippen molar-refractivity contribution in [2.75, 3.05) is 10.8 Å². The van der Waals surface area contributed by atoms with Gasteiger partial charge in [-0.1, -0.05) is 83.7 Å². The molecular weight excluding hydrogens is 581 g/mol. The van der Waals surface area contributed by atoms with Crippen molar-refractivity contribution in [3.63, 3.8) is 0 Å². The lowest BCUT2D eigenvalue weighted by Crippen LogP contribution is -2.55. The summed E-state index contributed by atoms with van der Waals surface area (Å²) < 4.78 is 29.0. The van der Waals surface area contributed by atoms with Crippen molar-refractivity contribution in [3.8, 4) is 0 Å². The van der Waals surface area contributed by atoms with E-state index in [0.29, 0.717) is 6.42 Å². The van der Waals surface area contributed by atoms with E-state index in [1.54, 1.807) is 24.3 Å². The number of benzene rings is 3. The van der Waals surface area contributed by atoms with Crippen molar-refractivity contribution in [1.29, 1.82) is 0 Å². The van der Waals surface area contributed by atoms with Crippen molar-refractivity contribution >= 4 is 50.7 Å². The predicted octanol–water partition coefficient (Wildman–Crippen LogP) is 6.53. The molecule has 7 nitrogen and oxygen atoms in total. The minimum Gasteiger partial charge on any atom is -0.350 e. The number of nitrogens with zero attached hydrogens (tertiary/aromatic N) is 2. The predicted molar refractivity (Wildman–Crippen MR) is 166 cm³/mol. The molecule has 0 saturated heterocycles. The molecule has 1 N–H and O–H groups in total. The highest BCUT2D eigenvalue weighted by atomic mass is 35.5. The summed E-state index contributed by atoms with van der Waals surface area (Å²) in [6.45, 7) is 10.7. The number of halogens is 2. The lowest BCUT2D eigenvalue weighted by molar-refractivity contribution is -0.141. The van der Waals surface area contributed by atoms with Gasteiger partial charge in [-0.2, -0.15) is 0 Å². The number of amides is 2. The standard InChI is InChI=1S/C31H37Cl2N3O4S/c1-7-26(30(38)34-31(4,5)6)35(19-23-11-8-10-22(3)18-23)28(37)20-36(27-13-9-12-25(32)29(27)33)41(39,40)24-16-14-21(2)15-17-24/h8-18,26H,7,19-20H2,1-6H3,(H,34,38). The molecule has 2 amide bonds. The van der Waals surface area contributed by atoms with Crippen LogP contribution in [0.2, 0.25) is 10.0 Å². The Balaban J connectivity index is 2.12. The van der Waals surface area contributed by atoms with Crippen LogP contribution in [0.1, 0.15) is 50.8 Å². The molecule has 220 valence electrons. The molecule has 10 heteroatoms. The van der Waals surface area contributed by atoms with Gasteiger partial charge in [0.2, 0.25) is 11.8 Å². The number of hydrogen-bond donors (Lipinski definition) is 1. The molecule has 0 radical (unpaired) electrons. The number of hydrogen-bond acceptors (Lipinski definition) is 4. The van der Waals surface area contributed by atoms with E-state index in [-0.39, 0.29) is 33.1 Å². The summed E-state index contributed by atoms with van der Waals surface area (Å²) in [5, 5.41) is 3.11. The quantitative estimate of drug-likeness (QED) is 0.280. The number of sulfonamides is 1. The zero-order valence-electron chi connectivity index (χ0n) is 24.2. The number of aryl methyl sites for hydroxylation is 2. The van der Waals surface area contributed by atoms with E-state index in [2.05, 4.69) is 5.32 Å². The third kappa shape index (κ3) is 8.24. The average molecular weight is 619 g/mol. The lowest BCUT2D eigenvalue weighted by atomic mass is 10.0. The third-order valence-corrected chi connectivity index (χ3v) is 8.99. The normalized spacial score (nSPS) is 12.5. The maximum absolute atomic E-state index is 14.2. The molecule has 0 bridgehead atoms. The Labute approximate surface area is 253 Å². The van der Waals surface area contributed by atoms with Crippen molar-refractivity contribution in [1.82, 2.24) is 10.2 Å². The zero-order chi connectivity index (χ0) is 30.5. The van der Waals surface area contributed by atoms with E-state index in [1.807, 2.05) is 65.8 Å². The molecule has 0 aromatic heterocycles. The summed E-state index contributed by atoms with van der Waals surface area (Å²) in [5.74, 6) is -0.885. The van der Waals surface area contributed by atoms with Crippen LogP contribution in [-0.2, 0) is 26.2 Å². The van der Waals surface area contributed by atoms with E-state index in [1.165, 1.54) is 23.1 Å². The Morgan fingerprint density at radius 3 is 2.15 bits per heavy atom. The Bertz CT molecular complexity index is 1500. The molecule has 0 aliphatic heterocycles. The first-order valence-corrected chi connectivity index (χ1v) is 15.5. The third-order valence-electron chi connectivity index (χ3n) is 6.41. The molecule has 3 aromatic carbocycles. The lowest BCUT2D eigenvalue weighted by Gasteiger charge is -2.35. The number of anilines is 1. The first kappa shape index (κ1) is 32.4. The highest BCUT2D eigenvalue weighted by Crippen LogP contribution is 2.35. The van der Waals surface area contributed by atoms with Gasteiger partial charge in [0.05, 0.1) is 20.6 Å². The Morgan fingerprint density at radius 2 is 1.56 bits per heavy atom. The van der Waals surface area contributed by atoms with Crippen LogP contribution < -0.4 is 9.62 Å². The smallest absolute Gasteiger partial charge is 0.264 e. The van der Waals surface area contributed by atoms with Gasteiger partial charge in [0.1, 0.15) is 12.6 Å². The molecule has 0 fully saturated rings. The van der Waals surface area contributed by atoms with Crippen LogP contribution >= 0.6 is 23.2 Å². The highest BCUT2D eigenvalue weighted by Gasteiger charge is 2.35. The highest BCUT2D eigenvalue weighted by molar-refractivity contribution is 7.92. The number of nitrogens with one attached hydrogen (secondary N) is 1. The van der Waals surface area contributed by atoms with Crippen LogP contribution in [0.25, 0.3) is 0 Å². The van der Waals surface area contributed by atoms with Gasteiger partial charge in [-0.15, -0.1) is 0 Å². The van der Waals surface area contributed by atoms with Gasteiger partial charge in [-0.3, -0.25) is 13.9 Å². The summed E-state index contributed by atoms with van der Waals surface area (Å²) in [7, 11) is -4.26. The summed E-state index contributed by atoms with van der Waals surface area (Å²) in [6, 6.07) is 17.7. The monoisotopic (exact) mass is 617 g/mol. The second kappa shape index (κ2) is 13.3. The molecule has 0 heterocycles. The van der Waals surface area contributed by atoms with Crippen molar-refractivity contribution in [3.05, 3.63) is 93.5 Å². The summed E-state index contributed by atoms with van der Waals surface area (Å²) in [5.41, 5.74) is 2.23. The van der Waals surface area contributed by atoms with Gasteiger partial charge in [-0.25, -0.2) is 8.42 Å². The molecule has 0 aliphatic carbocycles. The van der Waals surface area contributed by atoms with E-state index in [4.69, 9.17) is 23.2 Å². The van der Waals surface area contributed by atoms with Crippen LogP contribution in [0, 0.1) is 13.8 Å². The molecule has 3 aromatic rings. The fraction of sp³-hybridized carbons (Fsp3) is 0.355. The second-order valence-electron chi connectivity index (χ2n) is 11.1.